The van der Waals surface area contributed by atoms with E-state index >= 15 is 0 Å². The van der Waals surface area contributed by atoms with Gasteiger partial charge in [0.2, 0.25) is 0 Å². The van der Waals surface area contributed by atoms with Crippen LogP contribution in [0.3, 0.4) is 0 Å². The van der Waals surface area contributed by atoms with Crippen LogP contribution in [-0.2, 0) is 0 Å². The van der Waals surface area contributed by atoms with Gasteiger partial charge in [0.15, 0.2) is 0 Å². The molecule has 1 saturated heterocycles. The van der Waals surface area contributed by atoms with Gasteiger partial charge in [-0.1, -0.05) is 17.5 Å². The zero-order valence-corrected chi connectivity index (χ0v) is 11.7. The third-order valence-electron chi connectivity index (χ3n) is 2.43. The molecule has 6 heteroatoms. The van der Waals surface area contributed by atoms with Crippen molar-refractivity contribution < 1.29 is 14.3 Å². The average molecular weight is 298 g/mol. The first-order valence-corrected chi connectivity index (χ1v) is 7.14. The van der Waals surface area contributed by atoms with Crippen LogP contribution in [-0.4, -0.2) is 35.8 Å². The predicted octanol–water partition coefficient (Wildman–Crippen LogP) is 2.86. The molecule has 2 rings (SSSR count). The minimum Gasteiger partial charge on any atom is -0.479 e. The van der Waals surface area contributed by atoms with E-state index in [4.69, 9.17) is 27.5 Å². The molecule has 0 unspecified atom stereocenters. The molecule has 1 fully saturated rings. The highest BCUT2D eigenvalue weighted by atomic mass is 35.5. The molecule has 0 bridgehead atoms. The molecule has 0 radical (unpaired) electrons. The molecule has 0 N–H and O–H groups in total. The Bertz CT molecular complexity index is 509. The number of amides is 1. The van der Waals surface area contributed by atoms with Crippen molar-refractivity contribution in [2.75, 3.05) is 24.8 Å². The van der Waals surface area contributed by atoms with Crippen molar-refractivity contribution in [3.8, 4) is 23.8 Å². The summed E-state index contributed by atoms with van der Waals surface area (Å²) in [7, 11) is 0. The summed E-state index contributed by atoms with van der Waals surface area (Å²) in [6.45, 7) is 0.817. The summed E-state index contributed by atoms with van der Waals surface area (Å²) in [6.07, 6.45) is 4.75. The lowest BCUT2D eigenvalue weighted by Gasteiger charge is -2.14. The van der Waals surface area contributed by atoms with Crippen molar-refractivity contribution >= 4 is 29.5 Å². The van der Waals surface area contributed by atoms with E-state index in [0.717, 1.165) is 5.75 Å². The van der Waals surface area contributed by atoms with E-state index < -0.39 is 0 Å². The number of halogens is 1. The summed E-state index contributed by atoms with van der Waals surface area (Å²) in [5, 5.41) is 0.423. The van der Waals surface area contributed by atoms with Crippen molar-refractivity contribution in [1.29, 1.82) is 0 Å². The number of nitrogens with zero attached hydrogens (tertiary/aromatic N) is 1. The molecular weight excluding hydrogens is 286 g/mol. The predicted molar refractivity (Wildman–Crippen MR) is 75.8 cm³/mol. The number of terminal acetylenes is 1. The van der Waals surface area contributed by atoms with Crippen LogP contribution in [0, 0.1) is 12.3 Å². The van der Waals surface area contributed by atoms with Crippen LogP contribution in [0.25, 0.3) is 0 Å². The van der Waals surface area contributed by atoms with Crippen LogP contribution in [0.4, 0.5) is 4.79 Å². The first-order chi connectivity index (χ1) is 9.20. The number of rotatable bonds is 3. The number of carbonyl (C=O) groups excluding carboxylic acids is 1. The van der Waals surface area contributed by atoms with E-state index in [9.17, 15) is 4.79 Å². The Morgan fingerprint density at radius 2 is 2.42 bits per heavy atom. The van der Waals surface area contributed by atoms with Gasteiger partial charge in [0.05, 0.1) is 10.9 Å². The number of thioether (sulfide) groups is 1. The Balaban J connectivity index is 2.03. The maximum atomic E-state index is 11.8. The van der Waals surface area contributed by atoms with Gasteiger partial charge in [-0.15, -0.1) is 18.2 Å². The van der Waals surface area contributed by atoms with Crippen molar-refractivity contribution in [2.45, 2.75) is 0 Å². The number of ether oxygens (including phenoxy) is 2. The largest absolute Gasteiger partial charge is 0.479 e. The van der Waals surface area contributed by atoms with E-state index in [0.29, 0.717) is 28.9 Å². The molecule has 0 saturated carbocycles. The molecule has 0 aliphatic carbocycles. The molecule has 0 spiro atoms. The van der Waals surface area contributed by atoms with Crippen LogP contribution in [0.5, 0.6) is 11.5 Å². The molecule has 1 amide bonds. The van der Waals surface area contributed by atoms with E-state index in [1.165, 1.54) is 0 Å². The van der Waals surface area contributed by atoms with E-state index in [1.807, 2.05) is 0 Å². The normalized spacial score (nSPS) is 14.0. The van der Waals surface area contributed by atoms with Gasteiger partial charge in [-0.25, -0.2) is 4.79 Å². The van der Waals surface area contributed by atoms with Crippen LogP contribution < -0.4 is 9.47 Å². The van der Waals surface area contributed by atoms with Gasteiger partial charge in [-0.3, -0.25) is 4.90 Å². The zero-order valence-electron chi connectivity index (χ0n) is 10.1. The Kier molecular flexibility index (Phi) is 4.83. The molecule has 0 atom stereocenters. The lowest BCUT2D eigenvalue weighted by molar-refractivity contribution is 0.165. The van der Waals surface area contributed by atoms with Crippen LogP contribution in [0.2, 0.25) is 5.02 Å². The van der Waals surface area contributed by atoms with Crippen molar-refractivity contribution in [3.63, 3.8) is 0 Å². The third-order valence-corrected chi connectivity index (χ3v) is 3.71. The van der Waals surface area contributed by atoms with Gasteiger partial charge < -0.3 is 9.47 Å². The second-order valence-electron chi connectivity index (χ2n) is 3.75. The topological polar surface area (TPSA) is 38.8 Å². The van der Waals surface area contributed by atoms with Crippen molar-refractivity contribution in [3.05, 3.63) is 23.2 Å². The summed E-state index contributed by atoms with van der Waals surface area (Å²) < 4.78 is 10.5. The highest BCUT2D eigenvalue weighted by Crippen LogP contribution is 2.29. The van der Waals surface area contributed by atoms with E-state index in [1.54, 1.807) is 34.9 Å². The smallest absolute Gasteiger partial charge is 0.415 e. The molecule has 4 nitrogen and oxygen atoms in total. The second-order valence-corrected chi connectivity index (χ2v) is 5.24. The fourth-order valence-electron chi connectivity index (χ4n) is 1.50. The van der Waals surface area contributed by atoms with Gasteiger partial charge in [0.1, 0.15) is 18.1 Å². The van der Waals surface area contributed by atoms with E-state index in [2.05, 4.69) is 5.92 Å². The molecule has 1 aliphatic heterocycles. The number of benzene rings is 1. The zero-order chi connectivity index (χ0) is 13.7. The first kappa shape index (κ1) is 13.9. The standard InChI is InChI=1S/C13H12ClNO3S/c1-2-6-17-12-8-10(3-4-11(12)14)18-13(16)15-5-7-19-9-15/h1,3-4,8H,5-7,9H2. The monoisotopic (exact) mass is 297 g/mol. The fraction of sp³-hybridized carbons (Fsp3) is 0.308. The Labute approximate surface area is 121 Å². The highest BCUT2D eigenvalue weighted by molar-refractivity contribution is 7.99. The number of carbonyl (C=O) groups is 1. The molecule has 100 valence electrons. The first-order valence-electron chi connectivity index (χ1n) is 5.61. The molecular formula is C13H12ClNO3S. The maximum Gasteiger partial charge on any atom is 0.415 e. The second kappa shape index (κ2) is 6.60. The molecule has 0 aromatic heterocycles. The Hall–Kier alpha value is -1.51. The highest BCUT2D eigenvalue weighted by Gasteiger charge is 2.20. The maximum absolute atomic E-state index is 11.8. The van der Waals surface area contributed by atoms with Gasteiger partial charge in [0.25, 0.3) is 0 Å². The van der Waals surface area contributed by atoms with Crippen molar-refractivity contribution in [2.24, 2.45) is 0 Å². The lowest BCUT2D eigenvalue weighted by Crippen LogP contribution is -2.30. The summed E-state index contributed by atoms with van der Waals surface area (Å²) in [5.74, 6) is 4.74. The van der Waals surface area contributed by atoms with Gasteiger partial charge in [-0.2, -0.15) is 0 Å². The number of hydrogen-bond acceptors (Lipinski definition) is 4. The Morgan fingerprint density at radius 3 is 3.11 bits per heavy atom. The summed E-state index contributed by atoms with van der Waals surface area (Å²) >= 11 is 7.64. The molecule has 19 heavy (non-hydrogen) atoms. The summed E-state index contributed by atoms with van der Waals surface area (Å²) in [5.41, 5.74) is 0. The SMILES string of the molecule is C#CCOc1cc(OC(=O)N2CCSC2)ccc1Cl. The lowest BCUT2D eigenvalue weighted by atomic mass is 10.3. The Morgan fingerprint density at radius 1 is 1.58 bits per heavy atom. The average Bonchev–Trinajstić information content (AvgIpc) is 2.93. The van der Waals surface area contributed by atoms with Crippen LogP contribution in [0.1, 0.15) is 0 Å². The molecule has 1 aliphatic rings. The molecule has 1 aromatic carbocycles. The minimum absolute atomic E-state index is 0.111. The summed E-state index contributed by atoms with van der Waals surface area (Å²) in [4.78, 5) is 13.4. The van der Waals surface area contributed by atoms with Gasteiger partial charge in [-0.05, 0) is 12.1 Å². The van der Waals surface area contributed by atoms with Crippen LogP contribution >= 0.6 is 23.4 Å². The molecule has 1 heterocycles. The van der Waals surface area contributed by atoms with Crippen molar-refractivity contribution in [1.82, 2.24) is 4.90 Å². The van der Waals surface area contributed by atoms with E-state index in [-0.39, 0.29) is 12.7 Å². The molecule has 1 aromatic rings. The van der Waals surface area contributed by atoms with Crippen LogP contribution in [0.15, 0.2) is 18.2 Å². The van der Waals surface area contributed by atoms with Gasteiger partial charge in [0, 0.05) is 18.4 Å². The van der Waals surface area contributed by atoms with Gasteiger partial charge >= 0.3 is 6.09 Å². The fourth-order valence-corrected chi connectivity index (χ4v) is 2.61. The quantitative estimate of drug-likeness (QED) is 0.804. The minimum atomic E-state index is -0.366. The third kappa shape index (κ3) is 3.72. The summed E-state index contributed by atoms with van der Waals surface area (Å²) in [6, 6.07) is 4.78. The number of hydrogen-bond donors (Lipinski definition) is 0.